The zero-order chi connectivity index (χ0) is 11.8. The highest BCUT2D eigenvalue weighted by Gasteiger charge is 2.07. The molecule has 0 aliphatic rings. The molecule has 0 aromatic carbocycles. The summed E-state index contributed by atoms with van der Waals surface area (Å²) in [5.41, 5.74) is 0.848. The molecule has 0 radical (unpaired) electrons. The van der Waals surface area contributed by atoms with Crippen LogP contribution in [0, 0.1) is 0 Å². The average Bonchev–Trinajstić information content (AvgIpc) is 2.28. The van der Waals surface area contributed by atoms with Crippen LogP contribution in [0.2, 0.25) is 0 Å². The van der Waals surface area contributed by atoms with Crippen molar-refractivity contribution in [2.24, 2.45) is 0 Å². The van der Waals surface area contributed by atoms with E-state index in [9.17, 15) is 9.90 Å². The van der Waals surface area contributed by atoms with Crippen LogP contribution in [0.15, 0.2) is 24.5 Å². The third-order valence-corrected chi connectivity index (χ3v) is 1.98. The van der Waals surface area contributed by atoms with Crippen molar-refractivity contribution in [3.8, 4) is 0 Å². The van der Waals surface area contributed by atoms with Gasteiger partial charge < -0.3 is 15.2 Å². The number of nitrogens with one attached hydrogen (secondary N) is 1. The van der Waals surface area contributed by atoms with Crippen LogP contribution < -0.4 is 5.32 Å². The summed E-state index contributed by atoms with van der Waals surface area (Å²) in [7, 11) is 1.50. The summed E-state index contributed by atoms with van der Waals surface area (Å²) < 4.78 is 4.74. The van der Waals surface area contributed by atoms with Gasteiger partial charge in [0.05, 0.1) is 19.1 Å². The number of aromatic nitrogens is 1. The molecule has 5 heteroatoms. The smallest absolute Gasteiger partial charge is 0.224 e. The lowest BCUT2D eigenvalue weighted by molar-refractivity contribution is -0.121. The molecule has 1 rings (SSSR count). The molecule has 1 heterocycles. The lowest BCUT2D eigenvalue weighted by Gasteiger charge is -2.10. The van der Waals surface area contributed by atoms with Crippen molar-refractivity contribution in [3.05, 3.63) is 30.1 Å². The van der Waals surface area contributed by atoms with Crippen molar-refractivity contribution in [1.29, 1.82) is 0 Å². The van der Waals surface area contributed by atoms with E-state index < -0.39 is 6.10 Å². The molecule has 0 saturated heterocycles. The first-order valence-electron chi connectivity index (χ1n) is 5.05. The molecule has 1 atom stereocenters. The number of carbonyl (C=O) groups is 1. The fourth-order valence-corrected chi connectivity index (χ4v) is 1.23. The van der Waals surface area contributed by atoms with E-state index in [-0.39, 0.29) is 25.5 Å². The minimum Gasteiger partial charge on any atom is -0.389 e. The maximum Gasteiger partial charge on any atom is 0.224 e. The molecule has 1 aromatic rings. The van der Waals surface area contributed by atoms with Crippen molar-refractivity contribution in [2.75, 3.05) is 20.3 Å². The van der Waals surface area contributed by atoms with Crippen LogP contribution in [0.1, 0.15) is 5.56 Å². The van der Waals surface area contributed by atoms with Gasteiger partial charge in [-0.2, -0.15) is 0 Å². The lowest BCUT2D eigenvalue weighted by Crippen LogP contribution is -2.35. The average molecular weight is 224 g/mol. The molecule has 0 bridgehead atoms. The number of nitrogens with zero attached hydrogens (tertiary/aromatic N) is 1. The van der Waals surface area contributed by atoms with Crippen molar-refractivity contribution in [3.63, 3.8) is 0 Å². The van der Waals surface area contributed by atoms with Gasteiger partial charge in [0.25, 0.3) is 0 Å². The number of rotatable bonds is 6. The van der Waals surface area contributed by atoms with Gasteiger partial charge in [0, 0.05) is 26.0 Å². The number of hydrogen-bond acceptors (Lipinski definition) is 4. The molecule has 1 aromatic heterocycles. The molecular weight excluding hydrogens is 208 g/mol. The molecule has 2 N–H and O–H groups in total. The molecule has 1 unspecified atom stereocenters. The van der Waals surface area contributed by atoms with Crippen LogP contribution in [-0.2, 0) is 16.0 Å². The van der Waals surface area contributed by atoms with Gasteiger partial charge in [-0.25, -0.2) is 0 Å². The Morgan fingerprint density at radius 3 is 3.12 bits per heavy atom. The number of aliphatic hydroxyl groups is 1. The first-order chi connectivity index (χ1) is 7.72. The predicted molar refractivity (Wildman–Crippen MR) is 58.8 cm³/mol. The second-order valence-electron chi connectivity index (χ2n) is 3.45. The molecule has 88 valence electrons. The van der Waals surface area contributed by atoms with E-state index in [0.717, 1.165) is 5.56 Å². The quantitative estimate of drug-likeness (QED) is 0.699. The monoisotopic (exact) mass is 224 g/mol. The van der Waals surface area contributed by atoms with Crippen LogP contribution in [0.25, 0.3) is 0 Å². The number of aliphatic hydroxyl groups excluding tert-OH is 1. The van der Waals surface area contributed by atoms with Gasteiger partial charge in [0.1, 0.15) is 0 Å². The summed E-state index contributed by atoms with van der Waals surface area (Å²) in [5, 5.41) is 11.9. The Kier molecular flexibility index (Phi) is 5.45. The fraction of sp³-hybridized carbons (Fsp3) is 0.455. The molecular formula is C11H16N2O3. The number of carbonyl (C=O) groups excluding carboxylic acids is 1. The molecule has 0 aliphatic heterocycles. The Balaban J connectivity index is 2.26. The Hall–Kier alpha value is -1.46. The van der Waals surface area contributed by atoms with Crippen LogP contribution in [0.4, 0.5) is 0 Å². The molecule has 0 fully saturated rings. The van der Waals surface area contributed by atoms with Crippen molar-refractivity contribution in [1.82, 2.24) is 10.3 Å². The summed E-state index contributed by atoms with van der Waals surface area (Å²) in [6.07, 6.45) is 2.91. The second kappa shape index (κ2) is 6.92. The standard InChI is InChI=1S/C11H16N2O3/c1-16-8-10(14)7-13-11(15)5-9-3-2-4-12-6-9/h2-4,6,10,14H,5,7-8H2,1H3,(H,13,15). The van der Waals surface area contributed by atoms with E-state index in [2.05, 4.69) is 10.3 Å². The highest BCUT2D eigenvalue weighted by Crippen LogP contribution is 1.96. The van der Waals surface area contributed by atoms with Gasteiger partial charge >= 0.3 is 0 Å². The van der Waals surface area contributed by atoms with E-state index in [4.69, 9.17) is 4.74 Å². The van der Waals surface area contributed by atoms with E-state index in [1.807, 2.05) is 6.07 Å². The van der Waals surface area contributed by atoms with Crippen molar-refractivity contribution < 1.29 is 14.6 Å². The third-order valence-electron chi connectivity index (χ3n) is 1.98. The zero-order valence-electron chi connectivity index (χ0n) is 9.22. The van der Waals surface area contributed by atoms with Gasteiger partial charge in [-0.3, -0.25) is 9.78 Å². The molecule has 0 spiro atoms. The summed E-state index contributed by atoms with van der Waals surface area (Å²) in [4.78, 5) is 15.3. The van der Waals surface area contributed by atoms with Crippen LogP contribution >= 0.6 is 0 Å². The van der Waals surface area contributed by atoms with Gasteiger partial charge in [-0.1, -0.05) is 6.07 Å². The first-order valence-corrected chi connectivity index (χ1v) is 5.05. The molecule has 0 aliphatic carbocycles. The highest BCUT2D eigenvalue weighted by atomic mass is 16.5. The van der Waals surface area contributed by atoms with Gasteiger partial charge in [0.2, 0.25) is 5.91 Å². The van der Waals surface area contributed by atoms with Gasteiger partial charge in [-0.05, 0) is 11.6 Å². The van der Waals surface area contributed by atoms with E-state index in [1.54, 1.807) is 18.5 Å². The maximum atomic E-state index is 11.4. The van der Waals surface area contributed by atoms with E-state index >= 15 is 0 Å². The minimum absolute atomic E-state index is 0.136. The lowest BCUT2D eigenvalue weighted by atomic mass is 10.2. The summed E-state index contributed by atoms with van der Waals surface area (Å²) in [6.45, 7) is 0.417. The number of pyridine rings is 1. The summed E-state index contributed by atoms with van der Waals surface area (Å²) in [5.74, 6) is -0.136. The van der Waals surface area contributed by atoms with Crippen molar-refractivity contribution >= 4 is 5.91 Å². The second-order valence-corrected chi connectivity index (χ2v) is 3.45. The fourth-order valence-electron chi connectivity index (χ4n) is 1.23. The number of ether oxygens (including phenoxy) is 1. The number of hydrogen-bond donors (Lipinski definition) is 2. The topological polar surface area (TPSA) is 71.5 Å². The highest BCUT2D eigenvalue weighted by molar-refractivity contribution is 5.78. The van der Waals surface area contributed by atoms with Gasteiger partial charge in [0.15, 0.2) is 0 Å². The van der Waals surface area contributed by atoms with Crippen molar-refractivity contribution in [2.45, 2.75) is 12.5 Å². The largest absolute Gasteiger partial charge is 0.389 e. The normalized spacial score (nSPS) is 12.1. The molecule has 5 nitrogen and oxygen atoms in total. The predicted octanol–water partition coefficient (Wildman–Crippen LogP) is -0.252. The molecule has 0 saturated carbocycles. The number of methoxy groups -OCH3 is 1. The van der Waals surface area contributed by atoms with Crippen LogP contribution in [0.5, 0.6) is 0 Å². The maximum absolute atomic E-state index is 11.4. The number of amides is 1. The third kappa shape index (κ3) is 4.86. The van der Waals surface area contributed by atoms with Crippen LogP contribution in [0.3, 0.4) is 0 Å². The van der Waals surface area contributed by atoms with Gasteiger partial charge in [-0.15, -0.1) is 0 Å². The Labute approximate surface area is 94.5 Å². The minimum atomic E-state index is -0.664. The molecule has 16 heavy (non-hydrogen) atoms. The zero-order valence-corrected chi connectivity index (χ0v) is 9.22. The first kappa shape index (κ1) is 12.6. The summed E-state index contributed by atoms with van der Waals surface area (Å²) in [6, 6.07) is 3.61. The van der Waals surface area contributed by atoms with E-state index in [1.165, 1.54) is 7.11 Å². The van der Waals surface area contributed by atoms with E-state index in [0.29, 0.717) is 0 Å². The Morgan fingerprint density at radius 2 is 2.50 bits per heavy atom. The van der Waals surface area contributed by atoms with Crippen LogP contribution in [-0.4, -0.2) is 42.4 Å². The molecule has 1 amide bonds. The Morgan fingerprint density at radius 1 is 1.69 bits per heavy atom. The Bertz CT molecular complexity index is 316. The SMILES string of the molecule is COCC(O)CNC(=O)Cc1cccnc1. The summed E-state index contributed by atoms with van der Waals surface area (Å²) >= 11 is 0.